The summed E-state index contributed by atoms with van der Waals surface area (Å²) >= 11 is 0. The fourth-order valence-corrected chi connectivity index (χ4v) is 2.76. The van der Waals surface area contributed by atoms with Crippen LogP contribution in [-0.4, -0.2) is 13.0 Å². The molecular formula is C18H20N2O2. The van der Waals surface area contributed by atoms with E-state index in [2.05, 4.69) is 28.8 Å². The molecule has 1 heterocycles. The van der Waals surface area contributed by atoms with E-state index in [1.54, 1.807) is 7.11 Å². The highest BCUT2D eigenvalue weighted by Crippen LogP contribution is 2.17. The molecule has 3 rings (SSSR count). The van der Waals surface area contributed by atoms with E-state index in [4.69, 9.17) is 4.74 Å². The normalized spacial score (nSPS) is 13.0. The molecule has 1 amide bonds. The van der Waals surface area contributed by atoms with Crippen LogP contribution in [0.3, 0.4) is 0 Å². The Morgan fingerprint density at radius 3 is 2.86 bits per heavy atom. The van der Waals surface area contributed by atoms with Gasteiger partial charge in [-0.05, 0) is 28.3 Å². The topological polar surface area (TPSA) is 50.4 Å². The van der Waals surface area contributed by atoms with Crippen molar-refractivity contribution in [2.24, 2.45) is 0 Å². The minimum Gasteiger partial charge on any atom is -0.380 e. The standard InChI is InChI=1S/C18H20N2O2/c1-22-12-15-4-2-3-5-17(15)18(21)20-9-13-6-7-14-10-19-11-16(14)8-13/h2-8,19H,9-12H2,1H3,(H,20,21). The second-order valence-electron chi connectivity index (χ2n) is 5.48. The Kier molecular flexibility index (Phi) is 4.51. The summed E-state index contributed by atoms with van der Waals surface area (Å²) < 4.78 is 5.14. The van der Waals surface area contributed by atoms with Gasteiger partial charge in [0.2, 0.25) is 0 Å². The molecule has 0 fully saturated rings. The number of hydrogen-bond acceptors (Lipinski definition) is 3. The highest BCUT2D eigenvalue weighted by molar-refractivity contribution is 5.95. The second-order valence-corrected chi connectivity index (χ2v) is 5.48. The number of rotatable bonds is 5. The van der Waals surface area contributed by atoms with Crippen molar-refractivity contribution in [1.29, 1.82) is 0 Å². The highest BCUT2D eigenvalue weighted by atomic mass is 16.5. The minimum absolute atomic E-state index is 0.0636. The van der Waals surface area contributed by atoms with Crippen molar-refractivity contribution in [3.63, 3.8) is 0 Å². The summed E-state index contributed by atoms with van der Waals surface area (Å²) in [5.74, 6) is -0.0636. The van der Waals surface area contributed by atoms with E-state index in [1.807, 2.05) is 24.3 Å². The van der Waals surface area contributed by atoms with Crippen molar-refractivity contribution in [3.8, 4) is 0 Å². The van der Waals surface area contributed by atoms with E-state index in [0.717, 1.165) is 24.2 Å². The van der Waals surface area contributed by atoms with E-state index in [-0.39, 0.29) is 5.91 Å². The minimum atomic E-state index is -0.0636. The summed E-state index contributed by atoms with van der Waals surface area (Å²) in [5, 5.41) is 6.32. The van der Waals surface area contributed by atoms with Gasteiger partial charge in [-0.2, -0.15) is 0 Å². The molecule has 0 atom stereocenters. The predicted molar refractivity (Wildman–Crippen MR) is 85.3 cm³/mol. The van der Waals surface area contributed by atoms with Crippen LogP contribution in [0.4, 0.5) is 0 Å². The Morgan fingerprint density at radius 1 is 1.18 bits per heavy atom. The lowest BCUT2D eigenvalue weighted by Crippen LogP contribution is -2.24. The molecule has 22 heavy (non-hydrogen) atoms. The molecule has 0 aliphatic carbocycles. The number of carbonyl (C=O) groups is 1. The molecule has 4 nitrogen and oxygen atoms in total. The summed E-state index contributed by atoms with van der Waals surface area (Å²) in [6.07, 6.45) is 0. The van der Waals surface area contributed by atoms with Crippen molar-refractivity contribution in [2.45, 2.75) is 26.2 Å². The molecule has 0 radical (unpaired) electrons. The maximum Gasteiger partial charge on any atom is 0.251 e. The number of methoxy groups -OCH3 is 1. The summed E-state index contributed by atoms with van der Waals surface area (Å²) in [7, 11) is 1.63. The van der Waals surface area contributed by atoms with Gasteiger partial charge in [0.1, 0.15) is 0 Å². The Hall–Kier alpha value is -2.17. The first-order valence-electron chi connectivity index (χ1n) is 7.44. The lowest BCUT2D eigenvalue weighted by molar-refractivity contribution is 0.0946. The number of benzene rings is 2. The van der Waals surface area contributed by atoms with Gasteiger partial charge in [-0.3, -0.25) is 4.79 Å². The number of amides is 1. The van der Waals surface area contributed by atoms with Crippen molar-refractivity contribution in [2.75, 3.05) is 7.11 Å². The van der Waals surface area contributed by atoms with Crippen LogP contribution < -0.4 is 10.6 Å². The van der Waals surface area contributed by atoms with Gasteiger partial charge in [0.05, 0.1) is 6.61 Å². The Morgan fingerprint density at radius 2 is 2.00 bits per heavy atom. The van der Waals surface area contributed by atoms with Crippen LogP contribution in [0, 0.1) is 0 Å². The van der Waals surface area contributed by atoms with Crippen LogP contribution >= 0.6 is 0 Å². The summed E-state index contributed by atoms with van der Waals surface area (Å²) in [6.45, 7) is 2.82. The molecule has 2 aromatic carbocycles. The molecule has 0 spiro atoms. The third-order valence-corrected chi connectivity index (χ3v) is 3.92. The molecule has 114 valence electrons. The second kappa shape index (κ2) is 6.73. The van der Waals surface area contributed by atoms with Crippen LogP contribution in [0.1, 0.15) is 32.6 Å². The Bertz CT molecular complexity index is 683. The van der Waals surface area contributed by atoms with Crippen LogP contribution in [0.25, 0.3) is 0 Å². The van der Waals surface area contributed by atoms with Gasteiger partial charge in [0, 0.05) is 32.3 Å². The number of fused-ring (bicyclic) bond motifs is 1. The number of nitrogens with one attached hydrogen (secondary N) is 2. The average molecular weight is 296 g/mol. The number of carbonyl (C=O) groups excluding carboxylic acids is 1. The lowest BCUT2D eigenvalue weighted by Gasteiger charge is -2.10. The smallest absolute Gasteiger partial charge is 0.251 e. The van der Waals surface area contributed by atoms with E-state index < -0.39 is 0 Å². The predicted octanol–water partition coefficient (Wildman–Crippen LogP) is 2.37. The van der Waals surface area contributed by atoms with Crippen LogP contribution in [0.5, 0.6) is 0 Å². The number of hydrogen-bond donors (Lipinski definition) is 2. The fourth-order valence-electron chi connectivity index (χ4n) is 2.76. The number of ether oxygens (including phenoxy) is 1. The molecule has 0 bridgehead atoms. The molecule has 2 aromatic rings. The van der Waals surface area contributed by atoms with Crippen molar-refractivity contribution in [3.05, 3.63) is 70.3 Å². The first-order chi connectivity index (χ1) is 10.8. The average Bonchev–Trinajstić information content (AvgIpc) is 3.01. The monoisotopic (exact) mass is 296 g/mol. The van der Waals surface area contributed by atoms with Crippen LogP contribution in [0.15, 0.2) is 42.5 Å². The van der Waals surface area contributed by atoms with Crippen molar-refractivity contribution < 1.29 is 9.53 Å². The maximum absolute atomic E-state index is 12.4. The van der Waals surface area contributed by atoms with Crippen molar-refractivity contribution >= 4 is 5.91 Å². The highest BCUT2D eigenvalue weighted by Gasteiger charge is 2.12. The zero-order valence-electron chi connectivity index (χ0n) is 12.7. The summed E-state index contributed by atoms with van der Waals surface area (Å²) in [6, 6.07) is 13.9. The van der Waals surface area contributed by atoms with Gasteiger partial charge in [0.25, 0.3) is 5.91 Å². The zero-order chi connectivity index (χ0) is 15.4. The first-order valence-corrected chi connectivity index (χ1v) is 7.44. The van der Waals surface area contributed by atoms with Gasteiger partial charge in [-0.15, -0.1) is 0 Å². The molecule has 2 N–H and O–H groups in total. The zero-order valence-corrected chi connectivity index (χ0v) is 12.7. The fraction of sp³-hybridized carbons (Fsp3) is 0.278. The Balaban J connectivity index is 1.67. The largest absolute Gasteiger partial charge is 0.380 e. The quantitative estimate of drug-likeness (QED) is 0.890. The Labute approximate surface area is 130 Å². The van der Waals surface area contributed by atoms with E-state index in [1.165, 1.54) is 11.1 Å². The molecule has 4 heteroatoms. The molecule has 0 aromatic heterocycles. The molecule has 1 aliphatic heterocycles. The first kappa shape index (κ1) is 14.8. The third kappa shape index (κ3) is 3.18. The molecule has 0 saturated carbocycles. The third-order valence-electron chi connectivity index (χ3n) is 3.92. The van der Waals surface area contributed by atoms with E-state index in [9.17, 15) is 4.79 Å². The SMILES string of the molecule is COCc1ccccc1C(=O)NCc1ccc2c(c1)CNC2. The lowest BCUT2D eigenvalue weighted by atomic mass is 10.1. The van der Waals surface area contributed by atoms with Crippen molar-refractivity contribution in [1.82, 2.24) is 10.6 Å². The van der Waals surface area contributed by atoms with Gasteiger partial charge >= 0.3 is 0 Å². The van der Waals surface area contributed by atoms with Gasteiger partial charge in [-0.25, -0.2) is 0 Å². The molecule has 0 unspecified atom stereocenters. The summed E-state index contributed by atoms with van der Waals surface area (Å²) in [4.78, 5) is 12.4. The van der Waals surface area contributed by atoms with Gasteiger partial charge < -0.3 is 15.4 Å². The molecular weight excluding hydrogens is 276 g/mol. The maximum atomic E-state index is 12.4. The molecule has 0 saturated heterocycles. The summed E-state index contributed by atoms with van der Waals surface area (Å²) in [5.41, 5.74) is 5.37. The van der Waals surface area contributed by atoms with E-state index in [0.29, 0.717) is 18.7 Å². The van der Waals surface area contributed by atoms with Crippen LogP contribution in [0.2, 0.25) is 0 Å². The molecule has 1 aliphatic rings. The van der Waals surface area contributed by atoms with Gasteiger partial charge in [-0.1, -0.05) is 36.4 Å². The van der Waals surface area contributed by atoms with Crippen LogP contribution in [-0.2, 0) is 31.0 Å². The van der Waals surface area contributed by atoms with E-state index >= 15 is 0 Å². The van der Waals surface area contributed by atoms with Gasteiger partial charge in [0.15, 0.2) is 0 Å².